The maximum atomic E-state index is 13.6. The minimum atomic E-state index is -0.981. The molecule has 34 heavy (non-hydrogen) atoms. The van der Waals surface area contributed by atoms with E-state index in [4.69, 9.17) is 9.47 Å². The molecule has 1 aromatic heterocycles. The minimum absolute atomic E-state index is 0.0503. The largest absolute Gasteiger partial charge is 0.454 e. The highest BCUT2D eigenvalue weighted by Gasteiger charge is 2.32. The van der Waals surface area contributed by atoms with E-state index in [1.807, 2.05) is 24.3 Å². The predicted octanol–water partition coefficient (Wildman–Crippen LogP) is 5.01. The zero-order valence-electron chi connectivity index (χ0n) is 19.4. The summed E-state index contributed by atoms with van der Waals surface area (Å²) in [7, 11) is 0. The van der Waals surface area contributed by atoms with Gasteiger partial charge < -0.3 is 14.8 Å². The maximum absolute atomic E-state index is 13.6. The molecule has 2 aromatic carbocycles. The van der Waals surface area contributed by atoms with Crippen LogP contribution in [-0.4, -0.2) is 23.6 Å². The summed E-state index contributed by atoms with van der Waals surface area (Å²) in [5.74, 6) is 0.358. The van der Waals surface area contributed by atoms with Gasteiger partial charge in [-0.1, -0.05) is 45.5 Å². The van der Waals surface area contributed by atoms with Crippen LogP contribution in [0, 0.1) is 0 Å². The van der Waals surface area contributed by atoms with E-state index in [1.165, 1.54) is 11.0 Å². The number of pyridine rings is 1. The molecule has 1 atom stereocenters. The van der Waals surface area contributed by atoms with Crippen molar-refractivity contribution < 1.29 is 19.1 Å². The molecule has 0 bridgehead atoms. The highest BCUT2D eigenvalue weighted by molar-refractivity contribution is 6.09. The number of fused-ring (bicyclic) bond motifs is 1. The number of nitrogens with one attached hydrogen (secondary N) is 1. The first kappa shape index (κ1) is 23.0. The average molecular weight is 458 g/mol. The Bertz CT molecular complexity index is 1200. The first-order valence-electron chi connectivity index (χ1n) is 10.9. The molecular formula is C27H27N3O4. The van der Waals surface area contributed by atoms with Crippen LogP contribution in [0.25, 0.3) is 0 Å². The molecule has 1 aliphatic heterocycles. The lowest BCUT2D eigenvalue weighted by molar-refractivity contribution is -0.121. The highest BCUT2D eigenvalue weighted by Crippen LogP contribution is 2.35. The van der Waals surface area contributed by atoms with Crippen molar-refractivity contribution in [2.45, 2.75) is 32.2 Å². The first-order chi connectivity index (χ1) is 16.3. The van der Waals surface area contributed by atoms with Gasteiger partial charge in [0.05, 0.1) is 0 Å². The Morgan fingerprint density at radius 2 is 1.82 bits per heavy atom. The van der Waals surface area contributed by atoms with E-state index in [0.717, 1.165) is 5.56 Å². The van der Waals surface area contributed by atoms with Gasteiger partial charge >= 0.3 is 0 Å². The number of amides is 2. The van der Waals surface area contributed by atoms with Crippen LogP contribution < -0.4 is 19.7 Å². The van der Waals surface area contributed by atoms with Crippen molar-refractivity contribution in [3.8, 4) is 11.5 Å². The quantitative estimate of drug-likeness (QED) is 0.527. The smallest absolute Gasteiger partial charge is 0.252 e. The first-order valence-corrected chi connectivity index (χ1v) is 10.9. The van der Waals surface area contributed by atoms with E-state index in [9.17, 15) is 9.59 Å². The fourth-order valence-corrected chi connectivity index (χ4v) is 3.76. The Morgan fingerprint density at radius 3 is 2.47 bits per heavy atom. The third-order valence-corrected chi connectivity index (χ3v) is 5.57. The third kappa shape index (κ3) is 4.78. The number of carbonyl (C=O) groups is 2. The molecule has 0 saturated heterocycles. The minimum Gasteiger partial charge on any atom is -0.454 e. The molecule has 0 aliphatic carbocycles. The van der Waals surface area contributed by atoms with Crippen LogP contribution in [0.5, 0.6) is 11.5 Å². The third-order valence-electron chi connectivity index (χ3n) is 5.57. The molecule has 174 valence electrons. The summed E-state index contributed by atoms with van der Waals surface area (Å²) in [5.41, 5.74) is 2.73. The van der Waals surface area contributed by atoms with Crippen molar-refractivity contribution in [2.24, 2.45) is 0 Å². The van der Waals surface area contributed by atoms with Gasteiger partial charge in [0.2, 0.25) is 6.79 Å². The van der Waals surface area contributed by atoms with Crippen LogP contribution in [0.15, 0.2) is 79.6 Å². The summed E-state index contributed by atoms with van der Waals surface area (Å²) in [6.07, 6.45) is 4.40. The fourth-order valence-electron chi connectivity index (χ4n) is 3.76. The van der Waals surface area contributed by atoms with Crippen LogP contribution in [0.2, 0.25) is 0 Å². The topological polar surface area (TPSA) is 80.8 Å². The van der Waals surface area contributed by atoms with E-state index >= 15 is 0 Å². The van der Waals surface area contributed by atoms with E-state index < -0.39 is 17.9 Å². The molecule has 4 rings (SSSR count). The van der Waals surface area contributed by atoms with E-state index in [0.29, 0.717) is 28.4 Å². The Hall–Kier alpha value is -4.13. The Balaban J connectivity index is 1.73. The van der Waals surface area contributed by atoms with Gasteiger partial charge in [-0.2, -0.15) is 0 Å². The van der Waals surface area contributed by atoms with E-state index in [-0.39, 0.29) is 12.2 Å². The van der Waals surface area contributed by atoms with Gasteiger partial charge in [0, 0.05) is 35.4 Å². The van der Waals surface area contributed by atoms with Gasteiger partial charge in [-0.25, -0.2) is 0 Å². The lowest BCUT2D eigenvalue weighted by Gasteiger charge is -2.31. The lowest BCUT2D eigenvalue weighted by Crippen LogP contribution is -2.41. The van der Waals surface area contributed by atoms with Crippen molar-refractivity contribution in [3.05, 3.63) is 90.8 Å². The highest BCUT2D eigenvalue weighted by atomic mass is 16.7. The lowest BCUT2D eigenvalue weighted by atomic mass is 9.87. The number of carbonyl (C=O) groups excluding carboxylic acids is 2. The van der Waals surface area contributed by atoms with Crippen LogP contribution >= 0.6 is 0 Å². The molecule has 1 unspecified atom stereocenters. The van der Waals surface area contributed by atoms with Crippen LogP contribution in [0.1, 0.15) is 37.9 Å². The van der Waals surface area contributed by atoms with Crippen molar-refractivity contribution in [3.63, 3.8) is 0 Å². The predicted molar refractivity (Wildman–Crippen MR) is 131 cm³/mol. The second kappa shape index (κ2) is 9.39. The number of nitrogens with zero attached hydrogens (tertiary/aromatic N) is 2. The zero-order valence-corrected chi connectivity index (χ0v) is 19.4. The Labute approximate surface area is 199 Å². The molecule has 3 aromatic rings. The summed E-state index contributed by atoms with van der Waals surface area (Å²) in [6, 6.07) is 15.3. The molecule has 1 aliphatic rings. The van der Waals surface area contributed by atoms with Crippen LogP contribution in [0.3, 0.4) is 0 Å². The number of anilines is 2. The van der Waals surface area contributed by atoms with Crippen molar-refractivity contribution >= 4 is 23.2 Å². The van der Waals surface area contributed by atoms with Crippen molar-refractivity contribution in [2.75, 3.05) is 17.0 Å². The molecule has 0 radical (unpaired) electrons. The van der Waals surface area contributed by atoms with Gasteiger partial charge in [0.1, 0.15) is 6.04 Å². The molecule has 7 heteroatoms. The fraction of sp³-hybridized carbons (Fsp3) is 0.222. The maximum Gasteiger partial charge on any atom is 0.252 e. The van der Waals surface area contributed by atoms with Crippen LogP contribution in [0.4, 0.5) is 11.4 Å². The summed E-state index contributed by atoms with van der Waals surface area (Å²) >= 11 is 0. The van der Waals surface area contributed by atoms with Gasteiger partial charge in [0.15, 0.2) is 11.5 Å². The molecule has 0 saturated carbocycles. The number of ether oxygens (including phenoxy) is 2. The monoisotopic (exact) mass is 457 g/mol. The number of benzene rings is 2. The normalized spacial score (nSPS) is 13.1. The molecule has 0 spiro atoms. The van der Waals surface area contributed by atoms with Crippen LogP contribution in [-0.2, 0) is 15.0 Å². The SMILES string of the molecule is C=CC(=O)N(c1ccc(C(C)(C)C)cc1)C(C(=O)Nc1ccc2c(c1)OCO2)c1cccnc1. The molecule has 7 nitrogen and oxygen atoms in total. The molecule has 2 amide bonds. The number of aromatic nitrogens is 1. The number of hydrogen-bond acceptors (Lipinski definition) is 5. The second-order valence-corrected chi connectivity index (χ2v) is 8.96. The summed E-state index contributed by atoms with van der Waals surface area (Å²) in [5, 5.41) is 2.90. The molecule has 0 fully saturated rings. The molecule has 1 N–H and O–H groups in total. The van der Waals surface area contributed by atoms with Gasteiger partial charge in [-0.3, -0.25) is 19.5 Å². The number of hydrogen-bond donors (Lipinski definition) is 1. The zero-order chi connectivity index (χ0) is 24.3. The van der Waals surface area contributed by atoms with Gasteiger partial charge in [-0.15, -0.1) is 0 Å². The molecular weight excluding hydrogens is 430 g/mol. The van der Waals surface area contributed by atoms with Crippen molar-refractivity contribution in [1.29, 1.82) is 0 Å². The van der Waals surface area contributed by atoms with Gasteiger partial charge in [0.25, 0.3) is 11.8 Å². The summed E-state index contributed by atoms with van der Waals surface area (Å²) < 4.78 is 10.8. The van der Waals surface area contributed by atoms with Crippen molar-refractivity contribution in [1.82, 2.24) is 4.98 Å². The second-order valence-electron chi connectivity index (χ2n) is 8.96. The Kier molecular flexibility index (Phi) is 6.36. The molecule has 2 heterocycles. The number of rotatable bonds is 6. The average Bonchev–Trinajstić information content (AvgIpc) is 3.30. The van der Waals surface area contributed by atoms with Gasteiger partial charge in [-0.05, 0) is 47.4 Å². The summed E-state index contributed by atoms with van der Waals surface area (Å²) in [4.78, 5) is 32.3. The standard InChI is InChI=1S/C27H27N3O4/c1-5-24(31)30(21-11-8-19(9-12-21)27(2,3)4)25(18-7-6-14-28-16-18)26(32)29-20-10-13-22-23(15-20)34-17-33-22/h5-16,25H,1,17H2,2-4H3,(H,29,32). The summed E-state index contributed by atoms with van der Waals surface area (Å²) in [6.45, 7) is 10.1. The van der Waals surface area contributed by atoms with E-state index in [1.54, 1.807) is 42.7 Å². The Morgan fingerprint density at radius 1 is 1.09 bits per heavy atom. The van der Waals surface area contributed by atoms with E-state index in [2.05, 4.69) is 37.7 Å².